The highest BCUT2D eigenvalue weighted by Crippen LogP contribution is 2.47. The normalized spacial score (nSPS) is 20.7. The molecule has 4 nitrogen and oxygen atoms in total. The molecule has 0 N–H and O–H groups in total. The SMILES string of the molecule is CC1CCC(c2ccc(-c3ccc(C(=O)Oc4ccc5c(c4-c4c(OC(=O)c6ccc(-c7ccc(C8CCC(C)CC8)cc7)cc6)ccc6c4CCCC6)CCCC5)cc3)cc2)CC1. The lowest BCUT2D eigenvalue weighted by molar-refractivity contribution is 0.0723. The molecule has 2 saturated carbocycles. The number of hydrogen-bond acceptors (Lipinski definition) is 4. The van der Waals surface area contributed by atoms with Gasteiger partial charge in [0, 0.05) is 11.1 Å². The molecule has 0 radical (unpaired) electrons. The standard InChI is InChI=1S/C60H62O4/c1-39-11-15-41(16-12-39)43-19-23-45(24-20-43)47-27-31-51(32-28-47)59(61)63-55-37-35-49-7-3-5-9-53(49)57(55)58-54-10-6-4-8-50(54)36-38-56(58)64-60(62)52-33-29-48(30-34-52)46-25-21-44(22-26-46)42-17-13-40(2)14-18-42/h19-42H,3-18H2,1-2H3. The molecule has 4 heteroatoms. The van der Waals surface area contributed by atoms with Crippen molar-refractivity contribution < 1.29 is 19.1 Å². The van der Waals surface area contributed by atoms with Crippen LogP contribution in [-0.2, 0) is 25.7 Å². The predicted octanol–water partition coefficient (Wildman–Crippen LogP) is 15.5. The first-order chi connectivity index (χ1) is 31.3. The largest absolute Gasteiger partial charge is 0.422 e. The van der Waals surface area contributed by atoms with Crippen LogP contribution in [0.1, 0.15) is 157 Å². The van der Waals surface area contributed by atoms with E-state index in [1.807, 2.05) is 60.7 Å². The highest BCUT2D eigenvalue weighted by molar-refractivity contribution is 5.96. The number of ether oxygens (including phenoxy) is 2. The average molecular weight is 847 g/mol. The van der Waals surface area contributed by atoms with E-state index in [2.05, 4.69) is 74.5 Å². The maximum absolute atomic E-state index is 14.1. The van der Waals surface area contributed by atoms with Gasteiger partial charge >= 0.3 is 11.9 Å². The maximum Gasteiger partial charge on any atom is 0.343 e. The summed E-state index contributed by atoms with van der Waals surface area (Å²) < 4.78 is 12.9. The third kappa shape index (κ3) is 8.99. The average Bonchev–Trinajstić information content (AvgIpc) is 3.35. The summed E-state index contributed by atoms with van der Waals surface area (Å²) in [6, 6.07) is 41.8. The third-order valence-electron chi connectivity index (χ3n) is 15.3. The zero-order valence-corrected chi connectivity index (χ0v) is 37.8. The minimum Gasteiger partial charge on any atom is -0.422 e. The molecule has 64 heavy (non-hydrogen) atoms. The second kappa shape index (κ2) is 18.8. The van der Waals surface area contributed by atoms with Crippen LogP contribution in [0.3, 0.4) is 0 Å². The third-order valence-corrected chi connectivity index (χ3v) is 15.3. The van der Waals surface area contributed by atoms with Crippen LogP contribution in [0.15, 0.2) is 121 Å². The van der Waals surface area contributed by atoms with Gasteiger partial charge in [-0.3, -0.25) is 0 Å². The fourth-order valence-corrected chi connectivity index (χ4v) is 11.3. The molecule has 6 aromatic carbocycles. The summed E-state index contributed by atoms with van der Waals surface area (Å²) in [5.74, 6) is 3.23. The number of rotatable bonds is 9. The van der Waals surface area contributed by atoms with E-state index in [1.165, 1.54) is 84.7 Å². The van der Waals surface area contributed by atoms with Gasteiger partial charge in [-0.2, -0.15) is 0 Å². The Morgan fingerprint density at radius 3 is 1.08 bits per heavy atom. The summed E-state index contributed by atoms with van der Waals surface area (Å²) in [4.78, 5) is 28.2. The van der Waals surface area contributed by atoms with Crippen LogP contribution < -0.4 is 9.47 Å². The maximum atomic E-state index is 14.1. The number of carbonyl (C=O) groups excluding carboxylic acids is 2. The van der Waals surface area contributed by atoms with Crippen LogP contribution >= 0.6 is 0 Å². The Morgan fingerprint density at radius 1 is 0.391 bits per heavy atom. The van der Waals surface area contributed by atoms with Gasteiger partial charge in [-0.1, -0.05) is 124 Å². The van der Waals surface area contributed by atoms with E-state index in [4.69, 9.17) is 9.47 Å². The van der Waals surface area contributed by atoms with Gasteiger partial charge in [0.2, 0.25) is 0 Å². The van der Waals surface area contributed by atoms with Crippen molar-refractivity contribution in [3.63, 3.8) is 0 Å². The van der Waals surface area contributed by atoms with Crippen LogP contribution in [0.4, 0.5) is 0 Å². The first kappa shape index (κ1) is 42.2. The summed E-state index contributed by atoms with van der Waals surface area (Å²) in [6.07, 6.45) is 18.4. The molecule has 10 rings (SSSR count). The van der Waals surface area contributed by atoms with Crippen molar-refractivity contribution in [1.29, 1.82) is 0 Å². The fraction of sp³-hybridized carbons (Fsp3) is 0.367. The number of aryl methyl sites for hydroxylation is 2. The van der Waals surface area contributed by atoms with Gasteiger partial charge in [0.1, 0.15) is 11.5 Å². The Kier molecular flexibility index (Phi) is 12.4. The molecule has 0 saturated heterocycles. The highest BCUT2D eigenvalue weighted by atomic mass is 16.5. The second-order valence-corrected chi connectivity index (χ2v) is 19.7. The van der Waals surface area contributed by atoms with Crippen LogP contribution in [0.5, 0.6) is 11.5 Å². The molecule has 0 spiro atoms. The molecule has 4 aliphatic rings. The van der Waals surface area contributed by atoms with Crippen molar-refractivity contribution in [3.05, 3.63) is 166 Å². The van der Waals surface area contributed by atoms with Crippen LogP contribution in [0, 0.1) is 11.8 Å². The quantitative estimate of drug-likeness (QED) is 0.107. The molecule has 0 aromatic heterocycles. The molecule has 0 aliphatic heterocycles. The molecule has 0 unspecified atom stereocenters. The molecule has 2 fully saturated rings. The molecule has 0 heterocycles. The van der Waals surface area contributed by atoms with E-state index in [0.717, 1.165) is 96.6 Å². The first-order valence-electron chi connectivity index (χ1n) is 24.5. The van der Waals surface area contributed by atoms with E-state index in [1.54, 1.807) is 0 Å². The Balaban J connectivity index is 0.908. The smallest absolute Gasteiger partial charge is 0.343 e. The number of hydrogen-bond donors (Lipinski definition) is 0. The van der Waals surface area contributed by atoms with E-state index < -0.39 is 11.9 Å². The van der Waals surface area contributed by atoms with Crippen molar-refractivity contribution in [2.24, 2.45) is 11.8 Å². The lowest BCUT2D eigenvalue weighted by atomic mass is 9.79. The van der Waals surface area contributed by atoms with Gasteiger partial charge in [0.15, 0.2) is 0 Å². The summed E-state index contributed by atoms with van der Waals surface area (Å²) in [5, 5.41) is 0. The van der Waals surface area contributed by atoms with Gasteiger partial charge in [0.25, 0.3) is 0 Å². The Hall–Kier alpha value is -5.74. The molecule has 0 atom stereocenters. The number of carbonyl (C=O) groups is 2. The van der Waals surface area contributed by atoms with Crippen molar-refractivity contribution in [1.82, 2.24) is 0 Å². The molecule has 326 valence electrons. The van der Waals surface area contributed by atoms with Gasteiger partial charge < -0.3 is 9.47 Å². The number of fused-ring (bicyclic) bond motifs is 2. The Labute approximate surface area is 380 Å². The Bertz CT molecular complexity index is 2420. The van der Waals surface area contributed by atoms with E-state index in [9.17, 15) is 9.59 Å². The molecule has 0 amide bonds. The minimum absolute atomic E-state index is 0.396. The lowest BCUT2D eigenvalue weighted by Gasteiger charge is -2.27. The number of esters is 2. The van der Waals surface area contributed by atoms with Crippen LogP contribution in [-0.4, -0.2) is 11.9 Å². The zero-order chi connectivity index (χ0) is 43.6. The summed E-state index contributed by atoms with van der Waals surface area (Å²) >= 11 is 0. The van der Waals surface area contributed by atoms with Crippen molar-refractivity contribution in [2.45, 2.75) is 128 Å². The van der Waals surface area contributed by atoms with E-state index >= 15 is 0 Å². The number of benzene rings is 6. The van der Waals surface area contributed by atoms with Crippen LogP contribution in [0.2, 0.25) is 0 Å². The van der Waals surface area contributed by atoms with Gasteiger partial charge in [-0.05, 0) is 193 Å². The van der Waals surface area contributed by atoms with Crippen molar-refractivity contribution in [3.8, 4) is 44.9 Å². The topological polar surface area (TPSA) is 52.6 Å². The lowest BCUT2D eigenvalue weighted by Crippen LogP contribution is -2.15. The summed E-state index contributed by atoms with van der Waals surface area (Å²) in [5.41, 5.74) is 15.1. The highest BCUT2D eigenvalue weighted by Gasteiger charge is 2.29. The van der Waals surface area contributed by atoms with Gasteiger partial charge in [-0.25, -0.2) is 9.59 Å². The molecule has 4 aliphatic carbocycles. The predicted molar refractivity (Wildman–Crippen MR) is 260 cm³/mol. The fourth-order valence-electron chi connectivity index (χ4n) is 11.3. The molecule has 0 bridgehead atoms. The van der Waals surface area contributed by atoms with Crippen LogP contribution in [0.25, 0.3) is 33.4 Å². The first-order valence-corrected chi connectivity index (χ1v) is 24.5. The van der Waals surface area contributed by atoms with E-state index in [0.29, 0.717) is 34.5 Å². The van der Waals surface area contributed by atoms with E-state index in [-0.39, 0.29) is 0 Å². The van der Waals surface area contributed by atoms with Crippen molar-refractivity contribution in [2.75, 3.05) is 0 Å². The monoisotopic (exact) mass is 846 g/mol. The zero-order valence-electron chi connectivity index (χ0n) is 37.8. The summed E-state index contributed by atoms with van der Waals surface area (Å²) in [7, 11) is 0. The van der Waals surface area contributed by atoms with Crippen molar-refractivity contribution >= 4 is 11.9 Å². The van der Waals surface area contributed by atoms with Gasteiger partial charge in [0.05, 0.1) is 11.1 Å². The minimum atomic E-state index is -0.396. The van der Waals surface area contributed by atoms with Gasteiger partial charge in [-0.15, -0.1) is 0 Å². The molecular weight excluding hydrogens is 785 g/mol. The second-order valence-electron chi connectivity index (χ2n) is 19.7. The molecular formula is C60H62O4. The summed E-state index contributed by atoms with van der Waals surface area (Å²) in [6.45, 7) is 4.74. The molecule has 6 aromatic rings. The Morgan fingerprint density at radius 2 is 0.719 bits per heavy atom.